The maximum absolute atomic E-state index is 12.8. The average molecular weight is 352 g/mol. The van der Waals surface area contributed by atoms with E-state index in [0.29, 0.717) is 29.1 Å². The van der Waals surface area contributed by atoms with Gasteiger partial charge in [0.25, 0.3) is 0 Å². The Morgan fingerprint density at radius 1 is 1.12 bits per heavy atom. The maximum atomic E-state index is 12.8. The van der Waals surface area contributed by atoms with Crippen molar-refractivity contribution in [3.05, 3.63) is 59.8 Å². The molecule has 0 aliphatic heterocycles. The Hall–Kier alpha value is -3.28. The van der Waals surface area contributed by atoms with E-state index < -0.39 is 5.97 Å². The second kappa shape index (κ2) is 7.31. The number of H-pyrrole nitrogens is 1. The highest BCUT2D eigenvalue weighted by Crippen LogP contribution is 2.29. The molecule has 0 fully saturated rings. The molecule has 0 atom stereocenters. The monoisotopic (exact) mass is 352 g/mol. The maximum Gasteiger partial charge on any atom is 0.352 e. The number of likely N-dealkylation sites (N-methyl/N-ethyl adjacent to an activating group) is 1. The van der Waals surface area contributed by atoms with Gasteiger partial charge in [0.05, 0.1) is 18.7 Å². The molecule has 6 nitrogen and oxygen atoms in total. The van der Waals surface area contributed by atoms with Gasteiger partial charge in [-0.15, -0.1) is 0 Å². The fourth-order valence-corrected chi connectivity index (χ4v) is 2.98. The summed E-state index contributed by atoms with van der Waals surface area (Å²) < 4.78 is 5.58. The molecule has 2 aromatic carbocycles. The van der Waals surface area contributed by atoms with Gasteiger partial charge < -0.3 is 19.7 Å². The third kappa shape index (κ3) is 3.26. The predicted octanol–water partition coefficient (Wildman–Crippen LogP) is 3.47. The molecule has 0 spiro atoms. The van der Waals surface area contributed by atoms with Crippen molar-refractivity contribution < 1.29 is 19.4 Å². The van der Waals surface area contributed by atoms with Gasteiger partial charge in [-0.25, -0.2) is 4.79 Å². The number of aromatic amines is 1. The van der Waals surface area contributed by atoms with Crippen LogP contribution in [0.3, 0.4) is 0 Å². The number of nitrogens with one attached hydrogen (secondary N) is 1. The Kier molecular flexibility index (Phi) is 4.93. The first-order valence-electron chi connectivity index (χ1n) is 8.34. The molecule has 134 valence electrons. The summed E-state index contributed by atoms with van der Waals surface area (Å²) in [6, 6.07) is 14.5. The molecular weight excluding hydrogens is 332 g/mol. The smallest absolute Gasteiger partial charge is 0.352 e. The van der Waals surface area contributed by atoms with Crippen molar-refractivity contribution in [1.82, 2.24) is 4.98 Å². The number of aromatic nitrogens is 1. The van der Waals surface area contributed by atoms with Gasteiger partial charge in [0.2, 0.25) is 5.91 Å². The Labute approximate surface area is 151 Å². The van der Waals surface area contributed by atoms with E-state index in [1.165, 1.54) is 4.90 Å². The number of rotatable bonds is 6. The quantitative estimate of drug-likeness (QED) is 0.712. The summed E-state index contributed by atoms with van der Waals surface area (Å²) >= 11 is 0. The fraction of sp³-hybridized carbons (Fsp3) is 0.200. The number of amides is 1. The van der Waals surface area contributed by atoms with Gasteiger partial charge >= 0.3 is 5.97 Å². The molecular formula is C20H20N2O4. The molecule has 3 rings (SSSR count). The molecule has 26 heavy (non-hydrogen) atoms. The lowest BCUT2D eigenvalue weighted by molar-refractivity contribution is -0.117. The second-order valence-electron chi connectivity index (χ2n) is 5.86. The number of aromatic carboxylic acids is 1. The molecule has 0 aliphatic carbocycles. The van der Waals surface area contributed by atoms with Gasteiger partial charge in [0.1, 0.15) is 11.4 Å². The van der Waals surface area contributed by atoms with Gasteiger partial charge in [-0.2, -0.15) is 0 Å². The van der Waals surface area contributed by atoms with Gasteiger partial charge in [-0.05, 0) is 25.1 Å². The lowest BCUT2D eigenvalue weighted by Gasteiger charge is -2.20. The number of carbonyl (C=O) groups is 2. The number of hydrogen-bond donors (Lipinski definition) is 2. The third-order valence-electron chi connectivity index (χ3n) is 4.26. The lowest BCUT2D eigenvalue weighted by atomic mass is 10.1. The van der Waals surface area contributed by atoms with Crippen molar-refractivity contribution in [2.45, 2.75) is 13.3 Å². The van der Waals surface area contributed by atoms with Gasteiger partial charge in [0, 0.05) is 23.5 Å². The van der Waals surface area contributed by atoms with Crippen LogP contribution in [0.25, 0.3) is 10.9 Å². The van der Waals surface area contributed by atoms with Crippen LogP contribution in [0.1, 0.15) is 23.0 Å². The Morgan fingerprint density at radius 2 is 1.81 bits per heavy atom. The van der Waals surface area contributed by atoms with Crippen LogP contribution in [0, 0.1) is 0 Å². The number of carboxylic acid groups (broad SMARTS) is 1. The van der Waals surface area contributed by atoms with Crippen molar-refractivity contribution in [2.24, 2.45) is 0 Å². The van der Waals surface area contributed by atoms with Gasteiger partial charge in [-0.1, -0.05) is 30.3 Å². The van der Waals surface area contributed by atoms with Gasteiger partial charge in [-0.3, -0.25) is 4.79 Å². The number of hydrogen-bond acceptors (Lipinski definition) is 3. The van der Waals surface area contributed by atoms with Crippen LogP contribution in [0.15, 0.2) is 48.5 Å². The van der Waals surface area contributed by atoms with Crippen molar-refractivity contribution in [1.29, 1.82) is 0 Å². The minimum atomic E-state index is -1.08. The van der Waals surface area contributed by atoms with E-state index in [-0.39, 0.29) is 18.0 Å². The molecule has 0 radical (unpaired) electrons. The minimum Gasteiger partial charge on any atom is -0.492 e. The highest BCUT2D eigenvalue weighted by molar-refractivity contribution is 6.03. The zero-order chi connectivity index (χ0) is 18.7. The second-order valence-corrected chi connectivity index (χ2v) is 5.86. The number of benzene rings is 2. The summed E-state index contributed by atoms with van der Waals surface area (Å²) in [5, 5.41) is 10.2. The topological polar surface area (TPSA) is 82.6 Å². The SMILES string of the molecule is CCOc1ccccc1N(C)C(=O)Cc1c(C(=O)O)[nH]c2ccccc12. The molecule has 6 heteroatoms. The molecule has 3 aromatic rings. The number of ether oxygens (including phenoxy) is 1. The Balaban J connectivity index is 1.94. The minimum absolute atomic E-state index is 0.0252. The molecule has 2 N–H and O–H groups in total. The van der Waals surface area contributed by atoms with Crippen LogP contribution in [-0.4, -0.2) is 35.6 Å². The van der Waals surface area contributed by atoms with Crippen molar-refractivity contribution in [2.75, 3.05) is 18.6 Å². The van der Waals surface area contributed by atoms with Crippen molar-refractivity contribution in [3.63, 3.8) is 0 Å². The van der Waals surface area contributed by atoms with Crippen molar-refractivity contribution >= 4 is 28.5 Å². The van der Waals surface area contributed by atoms with E-state index in [9.17, 15) is 14.7 Å². The van der Waals surface area contributed by atoms with E-state index in [0.717, 1.165) is 5.39 Å². The molecule has 0 unspecified atom stereocenters. The first-order chi connectivity index (χ1) is 12.5. The first kappa shape index (κ1) is 17.5. The summed E-state index contributed by atoms with van der Waals surface area (Å²) in [4.78, 5) is 28.8. The lowest BCUT2D eigenvalue weighted by Crippen LogP contribution is -2.28. The van der Waals surface area contributed by atoms with Crippen LogP contribution in [0.2, 0.25) is 0 Å². The summed E-state index contributed by atoms with van der Waals surface area (Å²) in [5.41, 5.74) is 1.88. The number of anilines is 1. The molecule has 1 amide bonds. The molecule has 0 saturated carbocycles. The fourth-order valence-electron chi connectivity index (χ4n) is 2.98. The van der Waals surface area contributed by atoms with E-state index >= 15 is 0 Å². The molecule has 1 aromatic heterocycles. The number of para-hydroxylation sites is 3. The summed E-state index contributed by atoms with van der Waals surface area (Å²) in [7, 11) is 1.66. The van der Waals surface area contributed by atoms with Gasteiger partial charge in [0.15, 0.2) is 0 Å². The molecule has 0 saturated heterocycles. The first-order valence-corrected chi connectivity index (χ1v) is 8.34. The molecule has 1 heterocycles. The number of fused-ring (bicyclic) bond motifs is 1. The highest BCUT2D eigenvalue weighted by atomic mass is 16.5. The number of carboxylic acids is 1. The normalized spacial score (nSPS) is 10.7. The summed E-state index contributed by atoms with van der Waals surface area (Å²) in [6.45, 7) is 2.37. The predicted molar refractivity (Wildman–Crippen MR) is 100.0 cm³/mol. The van der Waals surface area contributed by atoms with E-state index in [4.69, 9.17) is 4.74 Å². The summed E-state index contributed by atoms with van der Waals surface area (Å²) in [5.74, 6) is -0.686. The molecule has 0 bridgehead atoms. The van der Waals surface area contributed by atoms with E-state index in [2.05, 4.69) is 4.98 Å². The van der Waals surface area contributed by atoms with E-state index in [1.54, 1.807) is 25.2 Å². The standard InChI is InChI=1S/C20H20N2O4/c1-3-26-17-11-7-6-10-16(17)22(2)18(23)12-14-13-8-4-5-9-15(13)21-19(14)20(24)25/h4-11,21H,3,12H2,1-2H3,(H,24,25). The van der Waals surface area contributed by atoms with Crippen LogP contribution in [0.4, 0.5) is 5.69 Å². The zero-order valence-corrected chi connectivity index (χ0v) is 14.7. The number of carbonyl (C=O) groups excluding carboxylic acids is 1. The van der Waals surface area contributed by atoms with Crippen LogP contribution >= 0.6 is 0 Å². The number of nitrogens with zero attached hydrogens (tertiary/aromatic N) is 1. The van der Waals surface area contributed by atoms with Crippen molar-refractivity contribution in [3.8, 4) is 5.75 Å². The molecule has 0 aliphatic rings. The Bertz CT molecular complexity index is 961. The zero-order valence-electron chi connectivity index (χ0n) is 14.7. The average Bonchev–Trinajstić information content (AvgIpc) is 3.01. The highest BCUT2D eigenvalue weighted by Gasteiger charge is 2.22. The van der Waals surface area contributed by atoms with Crippen LogP contribution in [0.5, 0.6) is 5.75 Å². The van der Waals surface area contributed by atoms with E-state index in [1.807, 2.05) is 37.3 Å². The van der Waals surface area contributed by atoms with Crippen LogP contribution in [-0.2, 0) is 11.2 Å². The van der Waals surface area contributed by atoms with Crippen LogP contribution < -0.4 is 9.64 Å². The third-order valence-corrected chi connectivity index (χ3v) is 4.26. The Morgan fingerprint density at radius 3 is 2.54 bits per heavy atom. The largest absolute Gasteiger partial charge is 0.492 e. The summed E-state index contributed by atoms with van der Waals surface area (Å²) in [6.07, 6.45) is -0.0252.